The Morgan fingerprint density at radius 1 is 1.33 bits per heavy atom. The van der Waals surface area contributed by atoms with Crippen molar-refractivity contribution in [1.82, 2.24) is 5.32 Å². The van der Waals surface area contributed by atoms with Crippen LogP contribution in [0.4, 0.5) is 5.00 Å². The Labute approximate surface area is 135 Å². The fourth-order valence-corrected chi connectivity index (χ4v) is 4.09. The standard InChI is InChI=1S/C15H22N2O2S2/c1-3-9-16-15(20)17-13-12(14(18)19-2)10-7-5-4-6-8-11(10)21-13/h3-9H2,1-2H3,(H2,16,17,20). The fraction of sp³-hybridized carbons (Fsp3) is 0.600. The monoisotopic (exact) mass is 326 g/mol. The van der Waals surface area contributed by atoms with Crippen molar-refractivity contribution in [2.24, 2.45) is 0 Å². The van der Waals surface area contributed by atoms with Gasteiger partial charge in [0, 0.05) is 11.4 Å². The number of anilines is 1. The van der Waals surface area contributed by atoms with Crippen molar-refractivity contribution in [3.05, 3.63) is 16.0 Å². The van der Waals surface area contributed by atoms with E-state index in [1.165, 1.54) is 24.8 Å². The number of carbonyl (C=O) groups excluding carboxylic acids is 1. The highest BCUT2D eigenvalue weighted by Gasteiger charge is 2.25. The highest BCUT2D eigenvalue weighted by molar-refractivity contribution is 7.80. The number of nitrogens with one attached hydrogen (secondary N) is 2. The summed E-state index contributed by atoms with van der Waals surface area (Å²) in [6.07, 6.45) is 6.54. The van der Waals surface area contributed by atoms with Gasteiger partial charge in [-0.25, -0.2) is 4.79 Å². The molecule has 0 atom stereocenters. The summed E-state index contributed by atoms with van der Waals surface area (Å²) in [5.41, 5.74) is 1.84. The van der Waals surface area contributed by atoms with E-state index in [0.717, 1.165) is 42.8 Å². The molecule has 0 aliphatic heterocycles. The molecule has 6 heteroatoms. The molecule has 1 aromatic rings. The Kier molecular flexibility index (Phi) is 5.99. The van der Waals surface area contributed by atoms with Gasteiger partial charge in [0.25, 0.3) is 0 Å². The number of thiophene rings is 1. The lowest BCUT2D eigenvalue weighted by atomic mass is 10.1. The molecule has 1 aliphatic rings. The second-order valence-electron chi connectivity index (χ2n) is 5.14. The van der Waals surface area contributed by atoms with Crippen molar-refractivity contribution >= 4 is 39.6 Å². The maximum atomic E-state index is 12.2. The Morgan fingerprint density at radius 2 is 2.10 bits per heavy atom. The lowest BCUT2D eigenvalue weighted by Gasteiger charge is -2.10. The van der Waals surface area contributed by atoms with E-state index in [1.54, 1.807) is 11.3 Å². The summed E-state index contributed by atoms with van der Waals surface area (Å²) < 4.78 is 4.97. The van der Waals surface area contributed by atoms with Crippen molar-refractivity contribution in [1.29, 1.82) is 0 Å². The number of fused-ring (bicyclic) bond motifs is 1. The predicted molar refractivity (Wildman–Crippen MR) is 91.4 cm³/mol. The van der Waals surface area contributed by atoms with Crippen LogP contribution in [0.2, 0.25) is 0 Å². The summed E-state index contributed by atoms with van der Waals surface area (Å²) in [5, 5.41) is 7.70. The highest BCUT2D eigenvalue weighted by Crippen LogP contribution is 2.37. The number of hydrogen-bond donors (Lipinski definition) is 2. The summed E-state index contributed by atoms with van der Waals surface area (Å²) >= 11 is 6.92. The first-order chi connectivity index (χ1) is 10.2. The van der Waals surface area contributed by atoms with Crippen LogP contribution in [0.1, 0.15) is 53.4 Å². The SMILES string of the molecule is CCCNC(=S)Nc1sc2c(c1C(=O)OC)CCCCC2. The quantitative estimate of drug-likeness (QED) is 0.504. The molecule has 0 spiro atoms. The third-order valence-corrected chi connectivity index (χ3v) is 5.03. The summed E-state index contributed by atoms with van der Waals surface area (Å²) in [4.78, 5) is 13.5. The van der Waals surface area contributed by atoms with Crippen LogP contribution in [0.3, 0.4) is 0 Å². The second kappa shape index (κ2) is 7.75. The van der Waals surface area contributed by atoms with Crippen LogP contribution in [0.25, 0.3) is 0 Å². The molecule has 2 rings (SSSR count). The maximum absolute atomic E-state index is 12.2. The zero-order chi connectivity index (χ0) is 15.2. The number of carbonyl (C=O) groups is 1. The van der Waals surface area contributed by atoms with Gasteiger partial charge in [-0.05, 0) is 49.9 Å². The molecule has 2 N–H and O–H groups in total. The van der Waals surface area contributed by atoms with Gasteiger partial charge in [0.05, 0.1) is 12.7 Å². The fourth-order valence-electron chi connectivity index (χ4n) is 2.53. The summed E-state index contributed by atoms with van der Waals surface area (Å²) in [7, 11) is 1.43. The summed E-state index contributed by atoms with van der Waals surface area (Å²) in [5.74, 6) is -0.268. The second-order valence-corrected chi connectivity index (χ2v) is 6.65. The van der Waals surface area contributed by atoms with Gasteiger partial charge in [-0.1, -0.05) is 13.3 Å². The van der Waals surface area contributed by atoms with Crippen LogP contribution in [0, 0.1) is 0 Å². The van der Waals surface area contributed by atoms with Crippen molar-refractivity contribution in [3.63, 3.8) is 0 Å². The number of hydrogen-bond acceptors (Lipinski definition) is 4. The minimum absolute atomic E-state index is 0.268. The number of ether oxygens (including phenoxy) is 1. The van der Waals surface area contributed by atoms with E-state index < -0.39 is 0 Å². The van der Waals surface area contributed by atoms with Crippen molar-refractivity contribution in [2.75, 3.05) is 19.0 Å². The third kappa shape index (κ3) is 3.95. The normalized spacial score (nSPS) is 14.0. The molecule has 0 unspecified atom stereocenters. The topological polar surface area (TPSA) is 50.4 Å². The molecule has 0 saturated heterocycles. The van der Waals surface area contributed by atoms with Gasteiger partial charge in [-0.3, -0.25) is 0 Å². The Balaban J connectivity index is 2.27. The minimum Gasteiger partial charge on any atom is -0.465 e. The molecule has 0 bridgehead atoms. The van der Waals surface area contributed by atoms with Crippen LogP contribution >= 0.6 is 23.6 Å². The average molecular weight is 326 g/mol. The summed E-state index contributed by atoms with van der Waals surface area (Å²) in [6.45, 7) is 2.91. The van der Waals surface area contributed by atoms with E-state index in [4.69, 9.17) is 17.0 Å². The van der Waals surface area contributed by atoms with Crippen molar-refractivity contribution < 1.29 is 9.53 Å². The van der Waals surface area contributed by atoms with Gasteiger partial charge in [0.1, 0.15) is 5.00 Å². The molecule has 0 amide bonds. The maximum Gasteiger partial charge on any atom is 0.341 e. The average Bonchev–Trinajstić information content (AvgIpc) is 2.66. The molecular formula is C15H22N2O2S2. The molecule has 21 heavy (non-hydrogen) atoms. The number of methoxy groups -OCH3 is 1. The van der Waals surface area contributed by atoms with Crippen LogP contribution < -0.4 is 10.6 Å². The molecule has 0 saturated carbocycles. The van der Waals surface area contributed by atoms with Crippen LogP contribution in [0.15, 0.2) is 0 Å². The molecule has 0 radical (unpaired) electrons. The largest absolute Gasteiger partial charge is 0.465 e. The van der Waals surface area contributed by atoms with Gasteiger partial charge < -0.3 is 15.4 Å². The van der Waals surface area contributed by atoms with E-state index in [1.807, 2.05) is 0 Å². The first kappa shape index (κ1) is 16.2. The Hall–Kier alpha value is -1.14. The molecule has 1 aromatic heterocycles. The Bertz CT molecular complexity index is 526. The molecule has 116 valence electrons. The van der Waals surface area contributed by atoms with Gasteiger partial charge in [-0.15, -0.1) is 11.3 Å². The number of thiocarbonyl (C=S) groups is 1. The van der Waals surface area contributed by atoms with Crippen LogP contribution in [-0.2, 0) is 17.6 Å². The molecule has 1 heterocycles. The zero-order valence-electron chi connectivity index (χ0n) is 12.6. The predicted octanol–water partition coefficient (Wildman–Crippen LogP) is 3.50. The van der Waals surface area contributed by atoms with Gasteiger partial charge in [-0.2, -0.15) is 0 Å². The van der Waals surface area contributed by atoms with Gasteiger partial charge in [0.15, 0.2) is 5.11 Å². The van der Waals surface area contributed by atoms with E-state index in [-0.39, 0.29) is 5.97 Å². The lowest BCUT2D eigenvalue weighted by molar-refractivity contribution is 0.0601. The first-order valence-corrected chi connectivity index (χ1v) is 8.67. The zero-order valence-corrected chi connectivity index (χ0v) is 14.2. The van der Waals surface area contributed by atoms with Crippen molar-refractivity contribution in [3.8, 4) is 0 Å². The molecule has 4 nitrogen and oxygen atoms in total. The number of rotatable bonds is 4. The first-order valence-electron chi connectivity index (χ1n) is 7.45. The molecular weight excluding hydrogens is 304 g/mol. The van der Waals surface area contributed by atoms with E-state index in [9.17, 15) is 4.79 Å². The number of esters is 1. The van der Waals surface area contributed by atoms with Gasteiger partial charge in [0.2, 0.25) is 0 Å². The van der Waals surface area contributed by atoms with E-state index >= 15 is 0 Å². The minimum atomic E-state index is -0.268. The molecule has 0 aromatic carbocycles. The third-order valence-electron chi connectivity index (χ3n) is 3.57. The Morgan fingerprint density at radius 3 is 2.81 bits per heavy atom. The highest BCUT2D eigenvalue weighted by atomic mass is 32.1. The smallest absolute Gasteiger partial charge is 0.341 e. The van der Waals surface area contributed by atoms with E-state index in [2.05, 4.69) is 17.6 Å². The summed E-state index contributed by atoms with van der Waals surface area (Å²) in [6, 6.07) is 0. The van der Waals surface area contributed by atoms with Crippen LogP contribution in [0.5, 0.6) is 0 Å². The lowest BCUT2D eigenvalue weighted by Crippen LogP contribution is -2.29. The van der Waals surface area contributed by atoms with Crippen LogP contribution in [-0.4, -0.2) is 24.7 Å². The van der Waals surface area contributed by atoms with E-state index in [0.29, 0.717) is 10.7 Å². The molecule has 1 aliphatic carbocycles. The van der Waals surface area contributed by atoms with Gasteiger partial charge >= 0.3 is 5.97 Å². The molecule has 0 fully saturated rings. The van der Waals surface area contributed by atoms with Crippen molar-refractivity contribution in [2.45, 2.75) is 45.4 Å². The number of aryl methyl sites for hydroxylation is 1.